The van der Waals surface area contributed by atoms with E-state index in [9.17, 15) is 0 Å². The van der Waals surface area contributed by atoms with Crippen molar-refractivity contribution in [2.24, 2.45) is 0 Å². The van der Waals surface area contributed by atoms with Gasteiger partial charge in [0.1, 0.15) is 12.4 Å². The lowest BCUT2D eigenvalue weighted by molar-refractivity contribution is 0.192. The zero-order chi connectivity index (χ0) is 16.4. The molecule has 2 aromatic heterocycles. The van der Waals surface area contributed by atoms with E-state index in [0.717, 1.165) is 24.3 Å². The van der Waals surface area contributed by atoms with Gasteiger partial charge in [0, 0.05) is 12.5 Å². The van der Waals surface area contributed by atoms with Crippen LogP contribution in [0.25, 0.3) is 11.5 Å². The number of furan rings is 1. The maximum absolute atomic E-state index is 5.77. The predicted octanol–water partition coefficient (Wildman–Crippen LogP) is 3.72. The molecule has 0 unspecified atom stereocenters. The van der Waals surface area contributed by atoms with Crippen LogP contribution in [-0.2, 0) is 11.3 Å². The quantitative estimate of drug-likeness (QED) is 0.711. The first kappa shape index (κ1) is 15.0. The van der Waals surface area contributed by atoms with Crippen LogP contribution in [0.2, 0.25) is 0 Å². The minimum atomic E-state index is 0.210. The van der Waals surface area contributed by atoms with Crippen molar-refractivity contribution in [1.29, 1.82) is 0 Å². The third-order valence-electron chi connectivity index (χ3n) is 4.10. The van der Waals surface area contributed by atoms with Crippen molar-refractivity contribution in [2.45, 2.75) is 25.9 Å². The number of ether oxygens (including phenoxy) is 2. The topological polar surface area (TPSA) is 70.5 Å². The van der Waals surface area contributed by atoms with E-state index in [0.29, 0.717) is 30.7 Å². The first-order valence-electron chi connectivity index (χ1n) is 7.97. The van der Waals surface area contributed by atoms with Gasteiger partial charge < -0.3 is 18.4 Å². The summed E-state index contributed by atoms with van der Waals surface area (Å²) in [5, 5.41) is 4.07. The second kappa shape index (κ2) is 6.49. The minimum absolute atomic E-state index is 0.210. The molecule has 1 fully saturated rings. The molecule has 0 bridgehead atoms. The van der Waals surface area contributed by atoms with E-state index in [4.69, 9.17) is 18.4 Å². The van der Waals surface area contributed by atoms with Crippen molar-refractivity contribution in [1.82, 2.24) is 10.1 Å². The summed E-state index contributed by atoms with van der Waals surface area (Å²) in [5.41, 5.74) is 1.95. The van der Waals surface area contributed by atoms with Crippen molar-refractivity contribution >= 4 is 0 Å². The summed E-state index contributed by atoms with van der Waals surface area (Å²) in [6.45, 7) is 3.73. The molecular formula is C18H18N2O4. The van der Waals surface area contributed by atoms with Crippen LogP contribution in [0, 0.1) is 6.92 Å². The molecule has 24 heavy (non-hydrogen) atoms. The van der Waals surface area contributed by atoms with Crippen LogP contribution in [-0.4, -0.2) is 23.4 Å². The number of hydrogen-bond acceptors (Lipinski definition) is 6. The fourth-order valence-electron chi connectivity index (χ4n) is 2.67. The Morgan fingerprint density at radius 2 is 2.08 bits per heavy atom. The highest BCUT2D eigenvalue weighted by Gasteiger charge is 2.24. The van der Waals surface area contributed by atoms with Gasteiger partial charge in [-0.3, -0.25) is 0 Å². The molecule has 6 heteroatoms. The van der Waals surface area contributed by atoms with Crippen LogP contribution in [0.4, 0.5) is 0 Å². The summed E-state index contributed by atoms with van der Waals surface area (Å²) in [6, 6.07) is 9.70. The standard InChI is InChI=1S/C18H18N2O4/c1-12-2-4-14(5-3-12)23-11-16-15(7-9-22-16)18-19-17(20-24-18)13-6-8-21-10-13/h2-5,7,9,13H,6,8,10-11H2,1H3/t13-/m1/s1. The molecule has 3 aromatic rings. The van der Waals surface area contributed by atoms with Crippen LogP contribution in [0.15, 0.2) is 45.5 Å². The van der Waals surface area contributed by atoms with E-state index in [1.54, 1.807) is 6.26 Å². The smallest absolute Gasteiger partial charge is 0.261 e. The van der Waals surface area contributed by atoms with Gasteiger partial charge in [0.25, 0.3) is 5.89 Å². The van der Waals surface area contributed by atoms with Crippen molar-refractivity contribution in [3.8, 4) is 17.2 Å². The normalized spacial score (nSPS) is 17.3. The van der Waals surface area contributed by atoms with Crippen molar-refractivity contribution < 1.29 is 18.4 Å². The van der Waals surface area contributed by atoms with Crippen molar-refractivity contribution in [2.75, 3.05) is 13.2 Å². The molecule has 0 N–H and O–H groups in total. The molecule has 0 amide bonds. The highest BCUT2D eigenvalue weighted by Crippen LogP contribution is 2.28. The Morgan fingerprint density at radius 3 is 2.88 bits per heavy atom. The van der Waals surface area contributed by atoms with Crippen LogP contribution in [0.5, 0.6) is 5.75 Å². The maximum atomic E-state index is 5.77. The van der Waals surface area contributed by atoms with Crippen LogP contribution < -0.4 is 4.74 Å². The fraction of sp³-hybridized carbons (Fsp3) is 0.333. The van der Waals surface area contributed by atoms with Crippen molar-refractivity contribution in [3.05, 3.63) is 53.7 Å². The SMILES string of the molecule is Cc1ccc(OCc2occc2-c2nc([C@@H]3CCOC3)no2)cc1. The molecule has 1 atom stereocenters. The molecule has 6 nitrogen and oxygen atoms in total. The number of aromatic nitrogens is 2. The van der Waals surface area contributed by atoms with Gasteiger partial charge in [0.15, 0.2) is 11.6 Å². The van der Waals surface area contributed by atoms with Gasteiger partial charge in [-0.1, -0.05) is 22.9 Å². The Labute approximate surface area is 139 Å². The summed E-state index contributed by atoms with van der Waals surface area (Å²) < 4.78 is 22.1. The average molecular weight is 326 g/mol. The van der Waals surface area contributed by atoms with E-state index in [1.165, 1.54) is 5.56 Å². The molecule has 124 valence electrons. The second-order valence-electron chi connectivity index (χ2n) is 5.88. The average Bonchev–Trinajstić information content (AvgIpc) is 3.33. The molecule has 0 spiro atoms. The van der Waals surface area contributed by atoms with E-state index in [1.807, 2.05) is 37.3 Å². The molecule has 4 rings (SSSR count). The van der Waals surface area contributed by atoms with Gasteiger partial charge in [0.05, 0.1) is 18.4 Å². The Bertz CT molecular complexity index is 801. The van der Waals surface area contributed by atoms with E-state index in [-0.39, 0.29) is 5.92 Å². The molecule has 0 radical (unpaired) electrons. The molecule has 1 aliphatic heterocycles. The summed E-state index contributed by atoms with van der Waals surface area (Å²) in [6.07, 6.45) is 2.53. The summed E-state index contributed by atoms with van der Waals surface area (Å²) in [5.74, 6) is 2.80. The molecule has 0 aliphatic carbocycles. The van der Waals surface area contributed by atoms with E-state index >= 15 is 0 Å². The predicted molar refractivity (Wildman–Crippen MR) is 85.7 cm³/mol. The molecular weight excluding hydrogens is 308 g/mol. The number of hydrogen-bond donors (Lipinski definition) is 0. The van der Waals surface area contributed by atoms with Crippen LogP contribution in [0.3, 0.4) is 0 Å². The minimum Gasteiger partial charge on any atom is -0.486 e. The van der Waals surface area contributed by atoms with Crippen LogP contribution in [0.1, 0.15) is 29.5 Å². The van der Waals surface area contributed by atoms with Gasteiger partial charge in [-0.25, -0.2) is 0 Å². The number of benzene rings is 1. The van der Waals surface area contributed by atoms with Gasteiger partial charge in [-0.05, 0) is 31.5 Å². The van der Waals surface area contributed by atoms with Gasteiger partial charge >= 0.3 is 0 Å². The largest absolute Gasteiger partial charge is 0.486 e. The Morgan fingerprint density at radius 1 is 1.21 bits per heavy atom. The number of rotatable bonds is 5. The highest BCUT2D eigenvalue weighted by atomic mass is 16.5. The highest BCUT2D eigenvalue weighted by molar-refractivity contribution is 5.55. The molecule has 1 aliphatic rings. The van der Waals surface area contributed by atoms with Gasteiger partial charge in [-0.15, -0.1) is 0 Å². The zero-order valence-electron chi connectivity index (χ0n) is 13.4. The summed E-state index contributed by atoms with van der Waals surface area (Å²) in [4.78, 5) is 4.49. The molecule has 3 heterocycles. The monoisotopic (exact) mass is 326 g/mol. The Balaban J connectivity index is 1.49. The third kappa shape index (κ3) is 3.05. The zero-order valence-corrected chi connectivity index (χ0v) is 13.4. The Hall–Kier alpha value is -2.60. The summed E-state index contributed by atoms with van der Waals surface area (Å²) in [7, 11) is 0. The molecule has 1 aromatic carbocycles. The lowest BCUT2D eigenvalue weighted by Gasteiger charge is -2.05. The van der Waals surface area contributed by atoms with E-state index < -0.39 is 0 Å². The van der Waals surface area contributed by atoms with Crippen molar-refractivity contribution in [3.63, 3.8) is 0 Å². The number of nitrogens with zero attached hydrogens (tertiary/aromatic N) is 2. The lowest BCUT2D eigenvalue weighted by atomic mass is 10.1. The first-order chi connectivity index (χ1) is 11.8. The fourth-order valence-corrected chi connectivity index (χ4v) is 2.67. The van der Waals surface area contributed by atoms with Gasteiger partial charge in [0.2, 0.25) is 0 Å². The maximum Gasteiger partial charge on any atom is 0.261 e. The van der Waals surface area contributed by atoms with Gasteiger partial charge in [-0.2, -0.15) is 4.98 Å². The first-order valence-corrected chi connectivity index (χ1v) is 7.97. The molecule has 0 saturated carbocycles. The van der Waals surface area contributed by atoms with Crippen LogP contribution >= 0.6 is 0 Å². The second-order valence-corrected chi connectivity index (χ2v) is 5.88. The number of aryl methyl sites for hydroxylation is 1. The third-order valence-corrected chi connectivity index (χ3v) is 4.10. The Kier molecular flexibility index (Phi) is 4.04. The lowest BCUT2D eigenvalue weighted by Crippen LogP contribution is -2.00. The molecule has 1 saturated heterocycles. The summed E-state index contributed by atoms with van der Waals surface area (Å²) >= 11 is 0. The van der Waals surface area contributed by atoms with E-state index in [2.05, 4.69) is 10.1 Å².